The zero-order valence-electron chi connectivity index (χ0n) is 19.6. The molecule has 1 aliphatic heterocycles. The second-order valence-electron chi connectivity index (χ2n) is 8.75. The summed E-state index contributed by atoms with van der Waals surface area (Å²) in [6.07, 6.45) is 0. The number of rotatable bonds is 5. The molecule has 168 valence electrons. The van der Waals surface area contributed by atoms with Crippen LogP contribution >= 0.6 is 12.2 Å². The fourth-order valence-corrected chi connectivity index (χ4v) is 4.59. The van der Waals surface area contributed by atoms with Gasteiger partial charge in [-0.15, -0.1) is 0 Å². The Morgan fingerprint density at radius 3 is 2.00 bits per heavy atom. The largest absolute Gasteiger partial charge is 0.346 e. The lowest BCUT2D eigenvalue weighted by Gasteiger charge is -2.36. The van der Waals surface area contributed by atoms with Crippen molar-refractivity contribution in [3.8, 4) is 0 Å². The van der Waals surface area contributed by atoms with Crippen LogP contribution in [0.2, 0.25) is 0 Å². The predicted molar refractivity (Wildman–Crippen MR) is 136 cm³/mol. The standard InChI is InChI=1S/C26H33N5S/c1-19-9-5-7-11-23(19)17-29-13-15-30(16-14-29)26(32)27-25-21(3)28-31(22(25)4)18-24-12-8-6-10-20(24)2/h5-12H,13-18H2,1-4H3,(H,27,32). The number of anilines is 1. The summed E-state index contributed by atoms with van der Waals surface area (Å²) in [6.45, 7) is 14.2. The molecule has 0 spiro atoms. The Bertz CT molecular complexity index is 1100. The molecule has 1 fully saturated rings. The fraction of sp³-hybridized carbons (Fsp3) is 0.385. The summed E-state index contributed by atoms with van der Waals surface area (Å²) < 4.78 is 2.07. The third-order valence-corrected chi connectivity index (χ3v) is 6.87. The molecule has 1 aliphatic rings. The smallest absolute Gasteiger partial charge is 0.173 e. The summed E-state index contributed by atoms with van der Waals surface area (Å²) >= 11 is 5.78. The van der Waals surface area contributed by atoms with E-state index in [1.54, 1.807) is 0 Å². The summed E-state index contributed by atoms with van der Waals surface area (Å²) in [6, 6.07) is 17.1. The number of nitrogens with one attached hydrogen (secondary N) is 1. The first-order valence-corrected chi connectivity index (χ1v) is 11.7. The van der Waals surface area contributed by atoms with Gasteiger partial charge in [-0.2, -0.15) is 5.10 Å². The van der Waals surface area contributed by atoms with Crippen LogP contribution < -0.4 is 5.32 Å². The summed E-state index contributed by atoms with van der Waals surface area (Å²) in [7, 11) is 0. The van der Waals surface area contributed by atoms with Gasteiger partial charge in [0.25, 0.3) is 0 Å². The quantitative estimate of drug-likeness (QED) is 0.575. The van der Waals surface area contributed by atoms with Gasteiger partial charge in [-0.3, -0.25) is 9.58 Å². The maximum Gasteiger partial charge on any atom is 0.173 e. The first kappa shape index (κ1) is 22.5. The Morgan fingerprint density at radius 1 is 0.844 bits per heavy atom. The summed E-state index contributed by atoms with van der Waals surface area (Å²) in [5.74, 6) is 0. The molecule has 32 heavy (non-hydrogen) atoms. The maximum absolute atomic E-state index is 5.78. The SMILES string of the molecule is Cc1ccccc1CN1CCN(C(=S)Nc2c(C)nn(Cc3ccccc3C)c2C)CC1. The van der Waals surface area contributed by atoms with Crippen molar-refractivity contribution >= 4 is 23.0 Å². The molecule has 4 rings (SSSR count). The van der Waals surface area contributed by atoms with Crippen molar-refractivity contribution in [2.75, 3.05) is 31.5 Å². The zero-order valence-corrected chi connectivity index (χ0v) is 20.4. The van der Waals surface area contributed by atoms with Gasteiger partial charge in [0.15, 0.2) is 5.11 Å². The van der Waals surface area contributed by atoms with E-state index in [1.165, 1.54) is 22.3 Å². The molecule has 0 bridgehead atoms. The van der Waals surface area contributed by atoms with Crippen LogP contribution in [0.25, 0.3) is 0 Å². The van der Waals surface area contributed by atoms with Crippen LogP contribution in [0.3, 0.4) is 0 Å². The second-order valence-corrected chi connectivity index (χ2v) is 9.14. The van der Waals surface area contributed by atoms with E-state index >= 15 is 0 Å². The van der Waals surface area contributed by atoms with Crippen LogP contribution in [0, 0.1) is 27.7 Å². The summed E-state index contributed by atoms with van der Waals surface area (Å²) in [5.41, 5.74) is 8.48. The van der Waals surface area contributed by atoms with Crippen molar-refractivity contribution in [1.82, 2.24) is 19.6 Å². The Labute approximate surface area is 197 Å². The lowest BCUT2D eigenvalue weighted by atomic mass is 10.1. The van der Waals surface area contributed by atoms with E-state index in [-0.39, 0.29) is 0 Å². The number of hydrogen-bond acceptors (Lipinski definition) is 3. The number of benzene rings is 2. The van der Waals surface area contributed by atoms with Crippen LogP contribution in [0.5, 0.6) is 0 Å². The highest BCUT2D eigenvalue weighted by Gasteiger charge is 2.21. The van der Waals surface area contributed by atoms with Crippen LogP contribution in [-0.2, 0) is 13.1 Å². The van der Waals surface area contributed by atoms with Crippen molar-refractivity contribution in [2.45, 2.75) is 40.8 Å². The second kappa shape index (κ2) is 9.84. The van der Waals surface area contributed by atoms with Crippen LogP contribution in [0.15, 0.2) is 48.5 Å². The normalized spacial score (nSPS) is 14.6. The highest BCUT2D eigenvalue weighted by Crippen LogP contribution is 2.22. The third-order valence-electron chi connectivity index (χ3n) is 6.51. The lowest BCUT2D eigenvalue weighted by molar-refractivity contribution is 0.176. The minimum absolute atomic E-state index is 0.769. The molecule has 2 aromatic carbocycles. The Morgan fingerprint density at radius 2 is 1.41 bits per heavy atom. The predicted octanol–water partition coefficient (Wildman–Crippen LogP) is 4.68. The molecule has 2 heterocycles. The number of hydrogen-bond donors (Lipinski definition) is 1. The molecule has 1 aromatic heterocycles. The molecule has 5 nitrogen and oxygen atoms in total. The van der Waals surface area contributed by atoms with Crippen molar-refractivity contribution < 1.29 is 0 Å². The number of thiocarbonyl (C=S) groups is 1. The van der Waals surface area contributed by atoms with Crippen molar-refractivity contribution in [2.24, 2.45) is 0 Å². The van der Waals surface area contributed by atoms with Gasteiger partial charge in [0.1, 0.15) is 0 Å². The van der Waals surface area contributed by atoms with E-state index in [2.05, 4.69) is 89.1 Å². The van der Waals surface area contributed by atoms with Gasteiger partial charge in [0.2, 0.25) is 0 Å². The molecule has 0 amide bonds. The Hall–Kier alpha value is -2.70. The summed E-state index contributed by atoms with van der Waals surface area (Å²) in [5, 5.41) is 9.07. The Balaban J connectivity index is 1.36. The van der Waals surface area contributed by atoms with Crippen molar-refractivity contribution in [1.29, 1.82) is 0 Å². The molecule has 0 aliphatic carbocycles. The molecule has 3 aromatic rings. The lowest BCUT2D eigenvalue weighted by Crippen LogP contribution is -2.49. The van der Waals surface area contributed by atoms with E-state index in [0.717, 1.165) is 61.5 Å². The maximum atomic E-state index is 5.78. The molecule has 0 radical (unpaired) electrons. The van der Waals surface area contributed by atoms with Crippen molar-refractivity contribution in [3.05, 3.63) is 82.2 Å². The first-order valence-electron chi connectivity index (χ1n) is 11.3. The van der Waals surface area contributed by atoms with Gasteiger partial charge in [-0.05, 0) is 62.2 Å². The monoisotopic (exact) mass is 447 g/mol. The number of aryl methyl sites for hydroxylation is 3. The molecule has 0 atom stereocenters. The van der Waals surface area contributed by atoms with Gasteiger partial charge >= 0.3 is 0 Å². The molecule has 1 saturated heterocycles. The van der Waals surface area contributed by atoms with Gasteiger partial charge < -0.3 is 10.2 Å². The molecule has 0 saturated carbocycles. The molecular formula is C26H33N5S. The Kier molecular flexibility index (Phi) is 6.92. The topological polar surface area (TPSA) is 36.3 Å². The van der Waals surface area contributed by atoms with Gasteiger partial charge in [-0.25, -0.2) is 0 Å². The van der Waals surface area contributed by atoms with Crippen molar-refractivity contribution in [3.63, 3.8) is 0 Å². The van der Waals surface area contributed by atoms with Crippen LogP contribution in [-0.4, -0.2) is 50.9 Å². The number of nitrogens with zero attached hydrogens (tertiary/aromatic N) is 4. The van der Waals surface area contributed by atoms with E-state index in [4.69, 9.17) is 17.3 Å². The van der Waals surface area contributed by atoms with Gasteiger partial charge in [-0.1, -0.05) is 48.5 Å². The molecular weight excluding hydrogens is 414 g/mol. The fourth-order valence-electron chi connectivity index (χ4n) is 4.30. The molecule has 1 N–H and O–H groups in total. The minimum atomic E-state index is 0.769. The van der Waals surface area contributed by atoms with Crippen LogP contribution in [0.4, 0.5) is 5.69 Å². The minimum Gasteiger partial charge on any atom is -0.346 e. The van der Waals surface area contributed by atoms with E-state index < -0.39 is 0 Å². The average molecular weight is 448 g/mol. The average Bonchev–Trinajstić information content (AvgIpc) is 3.05. The molecule has 6 heteroatoms. The van der Waals surface area contributed by atoms with Gasteiger partial charge in [0, 0.05) is 32.7 Å². The summed E-state index contributed by atoms with van der Waals surface area (Å²) in [4.78, 5) is 4.79. The van der Waals surface area contributed by atoms with Crippen LogP contribution in [0.1, 0.15) is 33.6 Å². The van der Waals surface area contributed by atoms with E-state index in [0.29, 0.717) is 0 Å². The third kappa shape index (κ3) is 5.03. The van der Waals surface area contributed by atoms with Gasteiger partial charge in [0.05, 0.1) is 23.6 Å². The number of aromatic nitrogens is 2. The zero-order chi connectivity index (χ0) is 22.7. The highest BCUT2D eigenvalue weighted by molar-refractivity contribution is 7.80. The first-order chi connectivity index (χ1) is 15.4. The molecule has 0 unspecified atom stereocenters. The van der Waals surface area contributed by atoms with E-state index in [9.17, 15) is 0 Å². The van der Waals surface area contributed by atoms with E-state index in [1.807, 2.05) is 6.92 Å². The number of piperazine rings is 1. The highest BCUT2D eigenvalue weighted by atomic mass is 32.1.